The van der Waals surface area contributed by atoms with Gasteiger partial charge in [0.15, 0.2) is 0 Å². The lowest BCUT2D eigenvalue weighted by atomic mass is 10.0. The van der Waals surface area contributed by atoms with Gasteiger partial charge in [-0.1, -0.05) is 56.5 Å². The topological polar surface area (TPSA) is 66.4 Å². The second-order valence-electron chi connectivity index (χ2n) is 4.94. The van der Waals surface area contributed by atoms with Crippen LogP contribution < -0.4 is 5.32 Å². The third-order valence-corrected chi connectivity index (χ3v) is 3.17. The summed E-state index contributed by atoms with van der Waals surface area (Å²) in [6.45, 7) is 2.12. The third kappa shape index (κ3) is 6.36. The first kappa shape index (κ1) is 16.2. The number of carboxylic acids is 1. The zero-order valence-electron chi connectivity index (χ0n) is 12.0. The standard InChI is InChI=1S/C16H23NO3/c1-2-3-4-8-11-15(18)17-14(12-16(19)20)13-9-6-5-7-10-13/h5-7,9-10,14H,2-4,8,11-12H2,1H3,(H,17,18)(H,19,20). The normalized spacial score (nSPS) is 11.8. The van der Waals surface area contributed by atoms with Crippen LogP contribution in [0.1, 0.15) is 57.1 Å². The quantitative estimate of drug-likeness (QED) is 0.681. The molecule has 0 spiro atoms. The van der Waals surface area contributed by atoms with Crippen molar-refractivity contribution >= 4 is 11.9 Å². The number of carbonyl (C=O) groups excluding carboxylic acids is 1. The minimum atomic E-state index is -0.912. The monoisotopic (exact) mass is 277 g/mol. The van der Waals surface area contributed by atoms with E-state index in [0.717, 1.165) is 31.2 Å². The fourth-order valence-electron chi connectivity index (χ4n) is 2.09. The zero-order chi connectivity index (χ0) is 14.8. The molecule has 0 aromatic heterocycles. The fraction of sp³-hybridized carbons (Fsp3) is 0.500. The molecule has 0 aliphatic rings. The fourth-order valence-corrected chi connectivity index (χ4v) is 2.09. The highest BCUT2D eigenvalue weighted by molar-refractivity contribution is 5.77. The summed E-state index contributed by atoms with van der Waals surface area (Å²) in [6.07, 6.45) is 4.53. The van der Waals surface area contributed by atoms with Crippen LogP contribution in [0.3, 0.4) is 0 Å². The maximum Gasteiger partial charge on any atom is 0.305 e. The zero-order valence-corrected chi connectivity index (χ0v) is 12.0. The van der Waals surface area contributed by atoms with Crippen molar-refractivity contribution in [3.63, 3.8) is 0 Å². The summed E-state index contributed by atoms with van der Waals surface area (Å²) in [5.41, 5.74) is 0.830. The molecule has 20 heavy (non-hydrogen) atoms. The van der Waals surface area contributed by atoms with Crippen LogP contribution in [0, 0.1) is 0 Å². The summed E-state index contributed by atoms with van der Waals surface area (Å²) in [5.74, 6) is -0.985. The predicted molar refractivity (Wildman–Crippen MR) is 78.3 cm³/mol. The third-order valence-electron chi connectivity index (χ3n) is 3.17. The van der Waals surface area contributed by atoms with Crippen molar-refractivity contribution < 1.29 is 14.7 Å². The minimum Gasteiger partial charge on any atom is -0.481 e. The molecule has 0 heterocycles. The molecule has 2 N–H and O–H groups in total. The number of carbonyl (C=O) groups is 2. The number of rotatable bonds is 9. The molecule has 0 radical (unpaired) electrons. The van der Waals surface area contributed by atoms with Crippen molar-refractivity contribution in [2.75, 3.05) is 0 Å². The first-order valence-corrected chi connectivity index (χ1v) is 7.19. The summed E-state index contributed by atoms with van der Waals surface area (Å²) in [5, 5.41) is 11.8. The van der Waals surface area contributed by atoms with Gasteiger partial charge in [0, 0.05) is 6.42 Å². The lowest BCUT2D eigenvalue weighted by Gasteiger charge is -2.17. The first-order valence-electron chi connectivity index (χ1n) is 7.19. The van der Waals surface area contributed by atoms with Gasteiger partial charge in [-0.3, -0.25) is 9.59 Å². The number of aliphatic carboxylic acids is 1. The summed E-state index contributed by atoms with van der Waals surface area (Å²) in [4.78, 5) is 22.8. The van der Waals surface area contributed by atoms with Crippen molar-refractivity contribution in [2.45, 2.75) is 51.5 Å². The Morgan fingerprint density at radius 1 is 1.15 bits per heavy atom. The highest BCUT2D eigenvalue weighted by atomic mass is 16.4. The lowest BCUT2D eigenvalue weighted by Crippen LogP contribution is -2.29. The molecule has 1 amide bonds. The number of hydrogen-bond donors (Lipinski definition) is 2. The van der Waals surface area contributed by atoms with Crippen LogP contribution in [0.25, 0.3) is 0 Å². The van der Waals surface area contributed by atoms with Crippen LogP contribution in [0.15, 0.2) is 30.3 Å². The van der Waals surface area contributed by atoms with E-state index in [2.05, 4.69) is 12.2 Å². The maximum atomic E-state index is 11.9. The molecule has 1 aromatic carbocycles. The van der Waals surface area contributed by atoms with E-state index in [1.165, 1.54) is 0 Å². The molecular weight excluding hydrogens is 254 g/mol. The van der Waals surface area contributed by atoms with Gasteiger partial charge in [0.05, 0.1) is 12.5 Å². The average molecular weight is 277 g/mol. The molecule has 0 aliphatic heterocycles. The molecule has 1 rings (SSSR count). The number of benzene rings is 1. The summed E-state index contributed by atoms with van der Waals surface area (Å²) < 4.78 is 0. The first-order chi connectivity index (χ1) is 9.63. The van der Waals surface area contributed by atoms with E-state index in [9.17, 15) is 9.59 Å². The van der Waals surface area contributed by atoms with Gasteiger partial charge in [-0.25, -0.2) is 0 Å². The van der Waals surface area contributed by atoms with Gasteiger partial charge in [-0.2, -0.15) is 0 Å². The number of unbranched alkanes of at least 4 members (excludes halogenated alkanes) is 3. The predicted octanol–water partition coefficient (Wildman–Crippen LogP) is 3.29. The van der Waals surface area contributed by atoms with E-state index >= 15 is 0 Å². The van der Waals surface area contributed by atoms with Gasteiger partial charge >= 0.3 is 5.97 Å². The Morgan fingerprint density at radius 3 is 2.45 bits per heavy atom. The van der Waals surface area contributed by atoms with E-state index in [1.54, 1.807) is 0 Å². The SMILES string of the molecule is CCCCCCC(=O)NC(CC(=O)O)c1ccccc1. The summed E-state index contributed by atoms with van der Waals surface area (Å²) in [7, 11) is 0. The van der Waals surface area contributed by atoms with Gasteiger partial charge in [0.2, 0.25) is 5.91 Å². The molecule has 1 unspecified atom stereocenters. The van der Waals surface area contributed by atoms with E-state index < -0.39 is 12.0 Å². The van der Waals surface area contributed by atoms with Crippen molar-refractivity contribution in [1.82, 2.24) is 5.32 Å². The van der Waals surface area contributed by atoms with Gasteiger partial charge in [0.1, 0.15) is 0 Å². The second kappa shape index (κ2) is 9.13. The minimum absolute atomic E-state index is 0.0730. The van der Waals surface area contributed by atoms with Crippen molar-refractivity contribution in [3.05, 3.63) is 35.9 Å². The maximum absolute atomic E-state index is 11.9. The molecule has 4 nitrogen and oxygen atoms in total. The number of hydrogen-bond acceptors (Lipinski definition) is 2. The Kier molecular flexibility index (Phi) is 7.40. The molecule has 4 heteroatoms. The van der Waals surface area contributed by atoms with Crippen molar-refractivity contribution in [1.29, 1.82) is 0 Å². The molecule has 0 saturated heterocycles. The number of amides is 1. The van der Waals surface area contributed by atoms with Gasteiger partial charge < -0.3 is 10.4 Å². The highest BCUT2D eigenvalue weighted by Crippen LogP contribution is 2.17. The summed E-state index contributed by atoms with van der Waals surface area (Å²) >= 11 is 0. The Morgan fingerprint density at radius 2 is 1.85 bits per heavy atom. The van der Waals surface area contributed by atoms with E-state index in [-0.39, 0.29) is 12.3 Å². The lowest BCUT2D eigenvalue weighted by molar-refractivity contribution is -0.137. The Labute approximate surface area is 120 Å². The van der Waals surface area contributed by atoms with Crippen LogP contribution >= 0.6 is 0 Å². The summed E-state index contributed by atoms with van der Waals surface area (Å²) in [6, 6.07) is 8.78. The van der Waals surface area contributed by atoms with Crippen LogP contribution in [0.4, 0.5) is 0 Å². The molecular formula is C16H23NO3. The van der Waals surface area contributed by atoms with Gasteiger partial charge in [0.25, 0.3) is 0 Å². The molecule has 1 atom stereocenters. The largest absolute Gasteiger partial charge is 0.481 e. The Hall–Kier alpha value is -1.84. The van der Waals surface area contributed by atoms with Gasteiger partial charge in [-0.05, 0) is 12.0 Å². The molecule has 0 saturated carbocycles. The van der Waals surface area contributed by atoms with Crippen molar-refractivity contribution in [2.24, 2.45) is 0 Å². The molecule has 110 valence electrons. The van der Waals surface area contributed by atoms with Crippen LogP contribution in [0.2, 0.25) is 0 Å². The van der Waals surface area contributed by atoms with Gasteiger partial charge in [-0.15, -0.1) is 0 Å². The number of carboxylic acid groups (broad SMARTS) is 1. The van der Waals surface area contributed by atoms with E-state index in [1.807, 2.05) is 30.3 Å². The second-order valence-corrected chi connectivity index (χ2v) is 4.94. The average Bonchev–Trinajstić information content (AvgIpc) is 2.43. The van der Waals surface area contributed by atoms with E-state index in [0.29, 0.717) is 6.42 Å². The van der Waals surface area contributed by atoms with E-state index in [4.69, 9.17) is 5.11 Å². The number of nitrogens with one attached hydrogen (secondary N) is 1. The smallest absolute Gasteiger partial charge is 0.305 e. The molecule has 0 fully saturated rings. The van der Waals surface area contributed by atoms with Crippen molar-refractivity contribution in [3.8, 4) is 0 Å². The van der Waals surface area contributed by atoms with Crippen LogP contribution in [0.5, 0.6) is 0 Å². The highest BCUT2D eigenvalue weighted by Gasteiger charge is 2.17. The van der Waals surface area contributed by atoms with Crippen LogP contribution in [-0.4, -0.2) is 17.0 Å². The Bertz CT molecular complexity index is 417. The Balaban J connectivity index is 2.52. The molecule has 1 aromatic rings. The van der Waals surface area contributed by atoms with Crippen LogP contribution in [-0.2, 0) is 9.59 Å². The molecule has 0 bridgehead atoms. The molecule has 0 aliphatic carbocycles.